The van der Waals surface area contributed by atoms with Crippen LogP contribution in [0.1, 0.15) is 16.8 Å². The van der Waals surface area contributed by atoms with Gasteiger partial charge in [0.2, 0.25) is 0 Å². The lowest BCUT2D eigenvalue weighted by Gasteiger charge is -2.16. The summed E-state index contributed by atoms with van der Waals surface area (Å²) >= 11 is 3.21. The van der Waals surface area contributed by atoms with Crippen LogP contribution in [0.15, 0.2) is 22.7 Å². The first-order valence-corrected chi connectivity index (χ1v) is 7.19. The van der Waals surface area contributed by atoms with Gasteiger partial charge in [0.15, 0.2) is 0 Å². The summed E-state index contributed by atoms with van der Waals surface area (Å²) in [6, 6.07) is 4.35. The van der Waals surface area contributed by atoms with E-state index < -0.39 is 4.92 Å². The molecule has 1 saturated heterocycles. The van der Waals surface area contributed by atoms with Crippen LogP contribution in [0.5, 0.6) is 0 Å². The maximum Gasteiger partial charge on any atom is 0.271 e. The van der Waals surface area contributed by atoms with Crippen molar-refractivity contribution in [1.82, 2.24) is 10.2 Å². The first-order chi connectivity index (χ1) is 9.51. The number of nitro benzene ring substituents is 1. The van der Waals surface area contributed by atoms with Gasteiger partial charge in [0.1, 0.15) is 0 Å². The van der Waals surface area contributed by atoms with Crippen molar-refractivity contribution in [2.75, 3.05) is 26.7 Å². The van der Waals surface area contributed by atoms with Gasteiger partial charge in [-0.1, -0.05) is 15.9 Å². The average Bonchev–Trinajstić information content (AvgIpc) is 2.86. The molecule has 1 N–H and O–H groups in total. The maximum absolute atomic E-state index is 12.4. The Labute approximate surface area is 137 Å². The van der Waals surface area contributed by atoms with Gasteiger partial charge in [-0.15, -0.1) is 12.4 Å². The number of hydrogen-bond donors (Lipinski definition) is 1. The van der Waals surface area contributed by atoms with Crippen LogP contribution in [0.3, 0.4) is 0 Å². The Kier molecular flexibility index (Phi) is 6.57. The predicted molar refractivity (Wildman–Crippen MR) is 86.0 cm³/mol. The van der Waals surface area contributed by atoms with E-state index in [1.807, 2.05) is 7.05 Å². The Balaban J connectivity index is 0.00000220. The molecule has 1 unspecified atom stereocenters. The molecule has 116 valence electrons. The molecular formula is C13H17BrClN3O3. The summed E-state index contributed by atoms with van der Waals surface area (Å²) < 4.78 is 0.543. The number of likely N-dealkylation sites (tertiary alicyclic amines) is 1. The Morgan fingerprint density at radius 3 is 2.86 bits per heavy atom. The lowest BCUT2D eigenvalue weighted by Crippen LogP contribution is -2.30. The summed E-state index contributed by atoms with van der Waals surface area (Å²) in [6.07, 6.45) is 0.961. The van der Waals surface area contributed by atoms with Gasteiger partial charge in [-0.25, -0.2) is 0 Å². The molecule has 1 heterocycles. The van der Waals surface area contributed by atoms with Crippen LogP contribution < -0.4 is 5.32 Å². The summed E-state index contributed by atoms with van der Waals surface area (Å²) in [4.78, 5) is 24.5. The number of hydrogen-bond acceptors (Lipinski definition) is 4. The number of benzene rings is 1. The monoisotopic (exact) mass is 377 g/mol. The van der Waals surface area contributed by atoms with E-state index in [-0.39, 0.29) is 24.0 Å². The summed E-state index contributed by atoms with van der Waals surface area (Å²) in [5, 5.41) is 13.9. The van der Waals surface area contributed by atoms with Crippen molar-refractivity contribution < 1.29 is 9.72 Å². The third kappa shape index (κ3) is 4.39. The molecule has 1 aliphatic rings. The third-order valence-corrected chi connectivity index (χ3v) is 3.86. The van der Waals surface area contributed by atoms with E-state index in [0.29, 0.717) is 29.0 Å². The van der Waals surface area contributed by atoms with E-state index in [1.165, 1.54) is 12.1 Å². The minimum absolute atomic E-state index is 0. The SMILES string of the molecule is CNCC1CCN(C(=O)c2cc(Br)cc([N+](=O)[O-])c2)C1.Cl. The van der Waals surface area contributed by atoms with Crippen LogP contribution in [0, 0.1) is 16.0 Å². The smallest absolute Gasteiger partial charge is 0.271 e. The van der Waals surface area contributed by atoms with Crippen LogP contribution in [0.2, 0.25) is 0 Å². The van der Waals surface area contributed by atoms with E-state index in [2.05, 4.69) is 21.2 Å². The van der Waals surface area contributed by atoms with Crippen LogP contribution in [-0.2, 0) is 0 Å². The largest absolute Gasteiger partial charge is 0.338 e. The molecule has 8 heteroatoms. The van der Waals surface area contributed by atoms with Crippen molar-refractivity contribution in [3.63, 3.8) is 0 Å². The van der Waals surface area contributed by atoms with Crippen LogP contribution >= 0.6 is 28.3 Å². The maximum atomic E-state index is 12.4. The van der Waals surface area contributed by atoms with Gasteiger partial charge in [0.25, 0.3) is 11.6 Å². The summed E-state index contributed by atoms with van der Waals surface area (Å²) in [6.45, 7) is 2.27. The molecule has 1 aliphatic heterocycles. The number of nitro groups is 1. The highest BCUT2D eigenvalue weighted by molar-refractivity contribution is 9.10. The van der Waals surface area contributed by atoms with Crippen LogP contribution in [0.25, 0.3) is 0 Å². The molecule has 0 spiro atoms. The first-order valence-electron chi connectivity index (χ1n) is 6.40. The molecule has 1 aromatic carbocycles. The van der Waals surface area contributed by atoms with Gasteiger partial charge < -0.3 is 10.2 Å². The lowest BCUT2D eigenvalue weighted by atomic mass is 10.1. The van der Waals surface area contributed by atoms with Crippen molar-refractivity contribution in [2.45, 2.75) is 6.42 Å². The van der Waals surface area contributed by atoms with Crippen molar-refractivity contribution in [3.8, 4) is 0 Å². The van der Waals surface area contributed by atoms with Gasteiger partial charge in [-0.3, -0.25) is 14.9 Å². The minimum atomic E-state index is -0.491. The number of nitrogens with zero attached hydrogens (tertiary/aromatic N) is 2. The number of carbonyl (C=O) groups excluding carboxylic acids is 1. The van der Waals surface area contributed by atoms with Crippen molar-refractivity contribution in [1.29, 1.82) is 0 Å². The second-order valence-electron chi connectivity index (χ2n) is 4.92. The number of nitrogens with one attached hydrogen (secondary N) is 1. The van der Waals surface area contributed by atoms with Gasteiger partial charge in [0, 0.05) is 35.3 Å². The highest BCUT2D eigenvalue weighted by Crippen LogP contribution is 2.24. The zero-order valence-electron chi connectivity index (χ0n) is 11.5. The van der Waals surface area contributed by atoms with E-state index in [1.54, 1.807) is 11.0 Å². The van der Waals surface area contributed by atoms with E-state index in [0.717, 1.165) is 13.0 Å². The van der Waals surface area contributed by atoms with Crippen molar-refractivity contribution >= 4 is 39.9 Å². The fourth-order valence-corrected chi connectivity index (χ4v) is 2.94. The Hall–Kier alpha value is -1.18. The minimum Gasteiger partial charge on any atom is -0.338 e. The van der Waals surface area contributed by atoms with E-state index in [4.69, 9.17) is 0 Å². The highest BCUT2D eigenvalue weighted by atomic mass is 79.9. The zero-order chi connectivity index (χ0) is 14.7. The van der Waals surface area contributed by atoms with Gasteiger partial charge in [-0.2, -0.15) is 0 Å². The Morgan fingerprint density at radius 2 is 2.24 bits per heavy atom. The van der Waals surface area contributed by atoms with Gasteiger partial charge >= 0.3 is 0 Å². The number of amides is 1. The van der Waals surface area contributed by atoms with E-state index in [9.17, 15) is 14.9 Å². The normalized spacial score (nSPS) is 17.4. The molecule has 0 saturated carbocycles. The quantitative estimate of drug-likeness (QED) is 0.645. The fraction of sp³-hybridized carbons (Fsp3) is 0.462. The molecule has 1 fully saturated rings. The fourth-order valence-electron chi connectivity index (χ4n) is 2.46. The molecule has 2 rings (SSSR count). The second kappa shape index (κ2) is 7.72. The lowest BCUT2D eigenvalue weighted by molar-refractivity contribution is -0.385. The van der Waals surface area contributed by atoms with Gasteiger partial charge in [-0.05, 0) is 32.0 Å². The molecule has 0 bridgehead atoms. The van der Waals surface area contributed by atoms with Crippen molar-refractivity contribution in [3.05, 3.63) is 38.3 Å². The average molecular weight is 379 g/mol. The van der Waals surface area contributed by atoms with Crippen LogP contribution in [-0.4, -0.2) is 42.4 Å². The number of rotatable bonds is 4. The summed E-state index contributed by atoms with van der Waals surface area (Å²) in [5.74, 6) is 0.305. The summed E-state index contributed by atoms with van der Waals surface area (Å²) in [7, 11) is 1.89. The summed E-state index contributed by atoms with van der Waals surface area (Å²) in [5.41, 5.74) is 0.282. The number of halogens is 2. The first kappa shape index (κ1) is 17.9. The number of carbonyl (C=O) groups is 1. The molecule has 0 aliphatic carbocycles. The third-order valence-electron chi connectivity index (χ3n) is 3.41. The molecule has 21 heavy (non-hydrogen) atoms. The predicted octanol–water partition coefficient (Wildman–Crippen LogP) is 2.46. The Morgan fingerprint density at radius 1 is 1.52 bits per heavy atom. The zero-order valence-corrected chi connectivity index (χ0v) is 13.9. The molecule has 1 aromatic rings. The molecule has 6 nitrogen and oxygen atoms in total. The van der Waals surface area contributed by atoms with E-state index >= 15 is 0 Å². The van der Waals surface area contributed by atoms with Gasteiger partial charge in [0.05, 0.1) is 4.92 Å². The standard InChI is InChI=1S/C13H16BrN3O3.ClH/c1-15-7-9-2-3-16(8-9)13(18)10-4-11(14)6-12(5-10)17(19)20;/h4-6,9,15H,2-3,7-8H2,1H3;1H. The number of non-ortho nitro benzene ring substituents is 1. The molecule has 1 atom stereocenters. The molecule has 1 amide bonds. The molecule has 0 aromatic heterocycles. The molecule has 0 radical (unpaired) electrons. The highest BCUT2D eigenvalue weighted by Gasteiger charge is 2.27. The molecular weight excluding hydrogens is 362 g/mol. The second-order valence-corrected chi connectivity index (χ2v) is 5.83. The van der Waals surface area contributed by atoms with Crippen molar-refractivity contribution in [2.24, 2.45) is 5.92 Å². The Bertz CT molecular complexity index is 541. The topological polar surface area (TPSA) is 75.5 Å². The van der Waals surface area contributed by atoms with Crippen LogP contribution in [0.4, 0.5) is 5.69 Å².